The Morgan fingerprint density at radius 1 is 1.04 bits per heavy atom. The average Bonchev–Trinajstić information content (AvgIpc) is 2.90. The van der Waals surface area contributed by atoms with Gasteiger partial charge in [0, 0.05) is 11.6 Å². The number of carbonyl (C=O) groups is 1. The lowest BCUT2D eigenvalue weighted by atomic mass is 10.1. The Morgan fingerprint density at radius 2 is 1.87 bits per heavy atom. The maximum Gasteiger partial charge on any atom is 0.231 e. The number of benzene rings is 2. The average molecular weight is 308 g/mol. The predicted octanol–water partition coefficient (Wildman–Crippen LogP) is 3.88. The zero-order valence-corrected chi connectivity index (χ0v) is 12.9. The summed E-state index contributed by atoms with van der Waals surface area (Å²) >= 11 is 0. The van der Waals surface area contributed by atoms with Crippen LogP contribution in [0, 0.1) is 0 Å². The van der Waals surface area contributed by atoms with Crippen molar-refractivity contribution in [2.45, 2.75) is 0 Å². The van der Waals surface area contributed by atoms with Crippen LogP contribution in [-0.4, -0.2) is 20.0 Å². The molecular weight excluding hydrogens is 292 g/mol. The zero-order valence-electron chi connectivity index (χ0n) is 12.9. The fourth-order valence-corrected chi connectivity index (χ4v) is 2.35. The van der Waals surface area contributed by atoms with Crippen LogP contribution in [-0.2, 0) is 0 Å². The fraction of sp³-hybridized carbons (Fsp3) is 0.105. The summed E-state index contributed by atoms with van der Waals surface area (Å²) in [4.78, 5) is 12.3. The minimum Gasteiger partial charge on any atom is -0.497 e. The molecule has 4 heteroatoms. The Bertz CT molecular complexity index is 803. The number of allylic oxidation sites excluding steroid dienone is 3. The normalized spacial score (nSPS) is 14.9. The molecule has 0 aromatic heterocycles. The van der Waals surface area contributed by atoms with Crippen LogP contribution < -0.4 is 14.2 Å². The second kappa shape index (κ2) is 6.40. The fourth-order valence-electron chi connectivity index (χ4n) is 2.35. The van der Waals surface area contributed by atoms with Gasteiger partial charge < -0.3 is 14.2 Å². The zero-order chi connectivity index (χ0) is 16.2. The first-order valence-corrected chi connectivity index (χ1v) is 7.15. The van der Waals surface area contributed by atoms with Crippen LogP contribution in [0.3, 0.4) is 0 Å². The molecule has 1 aliphatic rings. The molecule has 1 aliphatic heterocycles. The summed E-state index contributed by atoms with van der Waals surface area (Å²) in [6.07, 6.45) is 5.29. The standard InChI is InChI=1S/C19H16O4/c1-21-14-10-11-15-18(12-14)23-17(19(15)20)9-5-7-13-6-3-4-8-16(13)22-2/h3-12H,1-2H3. The number of carbonyl (C=O) groups excluding carboxylic acids is 1. The minimum atomic E-state index is -0.132. The number of rotatable bonds is 4. The second-order valence-electron chi connectivity index (χ2n) is 4.93. The summed E-state index contributed by atoms with van der Waals surface area (Å²) in [5.74, 6) is 2.11. The summed E-state index contributed by atoms with van der Waals surface area (Å²) in [6, 6.07) is 12.8. The summed E-state index contributed by atoms with van der Waals surface area (Å²) in [6.45, 7) is 0. The van der Waals surface area contributed by atoms with Crippen molar-refractivity contribution in [3.05, 3.63) is 71.5 Å². The molecule has 0 atom stereocenters. The van der Waals surface area contributed by atoms with E-state index in [1.165, 1.54) is 0 Å². The van der Waals surface area contributed by atoms with E-state index in [1.54, 1.807) is 44.6 Å². The van der Waals surface area contributed by atoms with E-state index in [0.717, 1.165) is 11.3 Å². The molecule has 0 N–H and O–H groups in total. The van der Waals surface area contributed by atoms with Crippen LogP contribution >= 0.6 is 0 Å². The van der Waals surface area contributed by atoms with Crippen LogP contribution in [0.5, 0.6) is 17.2 Å². The summed E-state index contributed by atoms with van der Waals surface area (Å²) in [5.41, 5.74) is 1.47. The molecule has 1 heterocycles. The van der Waals surface area contributed by atoms with Crippen LogP contribution in [0.25, 0.3) is 6.08 Å². The van der Waals surface area contributed by atoms with Gasteiger partial charge in [-0.2, -0.15) is 0 Å². The minimum absolute atomic E-state index is 0.132. The molecule has 2 aromatic rings. The number of hydrogen-bond acceptors (Lipinski definition) is 4. The lowest BCUT2D eigenvalue weighted by Crippen LogP contribution is -1.97. The molecule has 2 aromatic carbocycles. The number of para-hydroxylation sites is 1. The van der Waals surface area contributed by atoms with Crippen molar-refractivity contribution in [2.75, 3.05) is 14.2 Å². The van der Waals surface area contributed by atoms with Gasteiger partial charge in [0.05, 0.1) is 19.8 Å². The van der Waals surface area contributed by atoms with E-state index in [0.29, 0.717) is 22.8 Å². The lowest BCUT2D eigenvalue weighted by Gasteiger charge is -2.02. The van der Waals surface area contributed by atoms with Gasteiger partial charge in [-0.25, -0.2) is 0 Å². The van der Waals surface area contributed by atoms with Crippen molar-refractivity contribution in [1.29, 1.82) is 0 Å². The Kier molecular flexibility index (Phi) is 4.15. The molecule has 0 radical (unpaired) electrons. The van der Waals surface area contributed by atoms with Gasteiger partial charge in [0.25, 0.3) is 0 Å². The lowest BCUT2D eigenvalue weighted by molar-refractivity contribution is 0.101. The first-order chi connectivity index (χ1) is 11.2. The van der Waals surface area contributed by atoms with Crippen LogP contribution in [0.4, 0.5) is 0 Å². The van der Waals surface area contributed by atoms with Crippen molar-refractivity contribution in [3.8, 4) is 17.2 Å². The molecule has 0 spiro atoms. The van der Waals surface area contributed by atoms with E-state index in [2.05, 4.69) is 0 Å². The Balaban J connectivity index is 1.82. The van der Waals surface area contributed by atoms with Crippen molar-refractivity contribution >= 4 is 11.9 Å². The SMILES string of the molecule is COc1ccc2c(c1)OC(=CC=Cc1ccccc1OC)C2=O. The van der Waals surface area contributed by atoms with E-state index >= 15 is 0 Å². The van der Waals surface area contributed by atoms with Gasteiger partial charge in [0.2, 0.25) is 5.78 Å². The highest BCUT2D eigenvalue weighted by Gasteiger charge is 2.27. The van der Waals surface area contributed by atoms with Gasteiger partial charge in [-0.1, -0.05) is 30.4 Å². The van der Waals surface area contributed by atoms with Gasteiger partial charge >= 0.3 is 0 Å². The summed E-state index contributed by atoms with van der Waals surface area (Å²) in [5, 5.41) is 0. The highest BCUT2D eigenvalue weighted by atomic mass is 16.5. The van der Waals surface area contributed by atoms with Crippen LogP contribution in [0.2, 0.25) is 0 Å². The van der Waals surface area contributed by atoms with Crippen LogP contribution in [0.1, 0.15) is 15.9 Å². The molecule has 0 saturated heterocycles. The van der Waals surface area contributed by atoms with Crippen molar-refractivity contribution in [3.63, 3.8) is 0 Å². The smallest absolute Gasteiger partial charge is 0.231 e. The number of Topliss-reactive ketones (excluding diaryl/α,β-unsaturated/α-hetero) is 1. The highest BCUT2D eigenvalue weighted by Crippen LogP contribution is 2.34. The summed E-state index contributed by atoms with van der Waals surface area (Å²) in [7, 11) is 3.20. The van der Waals surface area contributed by atoms with Gasteiger partial charge in [-0.05, 0) is 24.3 Å². The monoisotopic (exact) mass is 308 g/mol. The molecule has 0 amide bonds. The van der Waals surface area contributed by atoms with E-state index < -0.39 is 0 Å². The van der Waals surface area contributed by atoms with E-state index in [9.17, 15) is 4.79 Å². The van der Waals surface area contributed by atoms with E-state index in [-0.39, 0.29) is 5.78 Å². The molecule has 0 fully saturated rings. The molecule has 116 valence electrons. The third-order valence-corrected chi connectivity index (χ3v) is 3.54. The first-order valence-electron chi connectivity index (χ1n) is 7.15. The van der Waals surface area contributed by atoms with Gasteiger partial charge in [-0.15, -0.1) is 0 Å². The van der Waals surface area contributed by atoms with Gasteiger partial charge in [-0.3, -0.25) is 4.79 Å². The second-order valence-corrected chi connectivity index (χ2v) is 4.93. The quantitative estimate of drug-likeness (QED) is 0.804. The number of hydrogen-bond donors (Lipinski definition) is 0. The van der Waals surface area contributed by atoms with E-state index in [4.69, 9.17) is 14.2 Å². The molecule has 3 rings (SSSR count). The molecule has 0 aliphatic carbocycles. The number of ether oxygens (including phenoxy) is 3. The molecular formula is C19H16O4. The molecule has 4 nitrogen and oxygen atoms in total. The molecule has 0 unspecified atom stereocenters. The first kappa shape index (κ1) is 14.9. The van der Waals surface area contributed by atoms with Gasteiger partial charge in [0.15, 0.2) is 5.76 Å². The summed E-state index contributed by atoms with van der Waals surface area (Å²) < 4.78 is 16.0. The Labute approximate surface area is 134 Å². The van der Waals surface area contributed by atoms with Crippen molar-refractivity contribution < 1.29 is 19.0 Å². The van der Waals surface area contributed by atoms with E-state index in [1.807, 2.05) is 30.3 Å². The predicted molar refractivity (Wildman–Crippen MR) is 88.1 cm³/mol. The maximum absolute atomic E-state index is 12.3. The van der Waals surface area contributed by atoms with Crippen molar-refractivity contribution in [2.24, 2.45) is 0 Å². The highest BCUT2D eigenvalue weighted by molar-refractivity contribution is 6.12. The molecule has 0 bridgehead atoms. The van der Waals surface area contributed by atoms with Crippen molar-refractivity contribution in [1.82, 2.24) is 0 Å². The van der Waals surface area contributed by atoms with Crippen LogP contribution in [0.15, 0.2) is 60.4 Å². The third kappa shape index (κ3) is 2.97. The molecule has 23 heavy (non-hydrogen) atoms. The maximum atomic E-state index is 12.3. The third-order valence-electron chi connectivity index (χ3n) is 3.54. The largest absolute Gasteiger partial charge is 0.497 e. The number of methoxy groups -OCH3 is 2. The number of fused-ring (bicyclic) bond motifs is 1. The van der Waals surface area contributed by atoms with Gasteiger partial charge in [0.1, 0.15) is 17.2 Å². The Hall–Kier alpha value is -3.01. The number of ketones is 1. The Morgan fingerprint density at radius 3 is 2.65 bits per heavy atom. The topological polar surface area (TPSA) is 44.8 Å². The molecule has 0 saturated carbocycles.